The first-order chi connectivity index (χ1) is 13.9. The number of nitrogens with one attached hydrogen (secondary N) is 1. The van der Waals surface area contributed by atoms with Crippen molar-refractivity contribution in [2.24, 2.45) is 0 Å². The second-order valence-electron chi connectivity index (χ2n) is 6.83. The van der Waals surface area contributed by atoms with Crippen molar-refractivity contribution in [3.05, 3.63) is 71.5 Å². The Morgan fingerprint density at radius 2 is 1.79 bits per heavy atom. The Hall–Kier alpha value is -3.26. The van der Waals surface area contributed by atoms with Crippen LogP contribution in [0.4, 0.5) is 5.69 Å². The summed E-state index contributed by atoms with van der Waals surface area (Å²) in [7, 11) is -3.76. The second-order valence-corrected chi connectivity index (χ2v) is 8.48. The van der Waals surface area contributed by atoms with E-state index in [2.05, 4.69) is 20.0 Å². The van der Waals surface area contributed by atoms with Gasteiger partial charge in [-0.05, 0) is 55.7 Å². The normalized spacial score (nSPS) is 11.7. The maximum atomic E-state index is 13.1. The summed E-state index contributed by atoms with van der Waals surface area (Å²) in [5.41, 5.74) is 4.20. The molecule has 29 heavy (non-hydrogen) atoms. The van der Waals surface area contributed by atoms with Gasteiger partial charge in [-0.1, -0.05) is 37.3 Å². The van der Waals surface area contributed by atoms with Crippen molar-refractivity contribution in [1.82, 2.24) is 19.8 Å². The quantitative estimate of drug-likeness (QED) is 0.544. The van der Waals surface area contributed by atoms with Gasteiger partial charge in [0.05, 0.1) is 16.3 Å². The van der Waals surface area contributed by atoms with Gasteiger partial charge in [-0.2, -0.15) is 9.61 Å². The molecule has 2 aromatic carbocycles. The Kier molecular flexibility index (Phi) is 4.79. The fourth-order valence-electron chi connectivity index (χ4n) is 3.23. The van der Waals surface area contributed by atoms with Crippen molar-refractivity contribution < 1.29 is 8.42 Å². The van der Waals surface area contributed by atoms with Crippen molar-refractivity contribution in [2.75, 3.05) is 4.72 Å². The van der Waals surface area contributed by atoms with Gasteiger partial charge in [0.1, 0.15) is 0 Å². The molecule has 0 aliphatic rings. The molecular weight excluding hydrogens is 386 g/mol. The standard InChI is InChI=1S/C21H21N5O2S/c1-4-16-7-5-6-8-19(16)25-29(27,28)20-13-17(10-9-14(20)2)18-11-12-21-23-22-15(3)26(21)24-18/h5-13,25H,4H2,1-3H3. The number of nitrogens with zero attached hydrogens (tertiary/aromatic N) is 4. The van der Waals surface area contributed by atoms with Gasteiger partial charge in [-0.25, -0.2) is 8.42 Å². The van der Waals surface area contributed by atoms with Gasteiger partial charge >= 0.3 is 0 Å². The highest BCUT2D eigenvalue weighted by atomic mass is 32.2. The van der Waals surface area contributed by atoms with Crippen LogP contribution in [0, 0.1) is 13.8 Å². The lowest BCUT2D eigenvalue weighted by molar-refractivity contribution is 0.600. The van der Waals surface area contributed by atoms with Crippen LogP contribution in [0.3, 0.4) is 0 Å². The lowest BCUT2D eigenvalue weighted by Gasteiger charge is -2.14. The van der Waals surface area contributed by atoms with E-state index in [0.29, 0.717) is 34.0 Å². The predicted octanol–water partition coefficient (Wildman–Crippen LogP) is 3.77. The molecule has 148 valence electrons. The van der Waals surface area contributed by atoms with Crippen LogP contribution in [0.2, 0.25) is 0 Å². The van der Waals surface area contributed by atoms with Crippen LogP contribution in [0.25, 0.3) is 16.9 Å². The third-order valence-corrected chi connectivity index (χ3v) is 6.34. The van der Waals surface area contributed by atoms with Crippen LogP contribution in [0.1, 0.15) is 23.9 Å². The molecule has 0 aliphatic heterocycles. The minimum absolute atomic E-state index is 0.225. The number of benzene rings is 2. The number of sulfonamides is 1. The number of fused-ring (bicyclic) bond motifs is 1. The molecule has 0 saturated heterocycles. The van der Waals surface area contributed by atoms with E-state index in [1.807, 2.05) is 50.2 Å². The lowest BCUT2D eigenvalue weighted by Crippen LogP contribution is -2.15. The molecule has 0 saturated carbocycles. The molecule has 1 N–H and O–H groups in total. The second kappa shape index (κ2) is 7.29. The summed E-state index contributed by atoms with van der Waals surface area (Å²) in [5.74, 6) is 0.666. The first kappa shape index (κ1) is 19.1. The summed E-state index contributed by atoms with van der Waals surface area (Å²) < 4.78 is 30.7. The van der Waals surface area contributed by atoms with Gasteiger partial charge in [0.15, 0.2) is 11.5 Å². The van der Waals surface area contributed by atoms with E-state index in [4.69, 9.17) is 0 Å². The van der Waals surface area contributed by atoms with Crippen molar-refractivity contribution in [3.8, 4) is 11.3 Å². The van der Waals surface area contributed by atoms with Crippen LogP contribution in [-0.4, -0.2) is 28.2 Å². The van der Waals surface area contributed by atoms with Gasteiger partial charge in [-0.15, -0.1) is 10.2 Å². The highest BCUT2D eigenvalue weighted by Gasteiger charge is 2.19. The molecule has 0 amide bonds. The lowest BCUT2D eigenvalue weighted by atomic mass is 10.1. The minimum atomic E-state index is -3.76. The van der Waals surface area contributed by atoms with Gasteiger partial charge in [0.2, 0.25) is 0 Å². The summed E-state index contributed by atoms with van der Waals surface area (Å²) in [6.45, 7) is 5.59. The molecule has 2 heterocycles. The van der Waals surface area contributed by atoms with Crippen molar-refractivity contribution in [2.45, 2.75) is 32.1 Å². The average molecular weight is 407 g/mol. The Morgan fingerprint density at radius 1 is 1.00 bits per heavy atom. The van der Waals surface area contributed by atoms with E-state index >= 15 is 0 Å². The number of para-hydroxylation sites is 1. The summed E-state index contributed by atoms with van der Waals surface area (Å²) in [4.78, 5) is 0.225. The number of aryl methyl sites for hydroxylation is 3. The Bertz CT molecular complexity index is 1310. The average Bonchev–Trinajstić information content (AvgIpc) is 3.08. The van der Waals surface area contributed by atoms with Crippen LogP contribution in [0.15, 0.2) is 59.5 Å². The van der Waals surface area contributed by atoms with Crippen LogP contribution in [0.5, 0.6) is 0 Å². The van der Waals surface area contributed by atoms with Crippen LogP contribution in [-0.2, 0) is 16.4 Å². The maximum Gasteiger partial charge on any atom is 0.262 e. The molecule has 0 spiro atoms. The molecule has 0 bridgehead atoms. The zero-order chi connectivity index (χ0) is 20.6. The topological polar surface area (TPSA) is 89.2 Å². The summed E-state index contributed by atoms with van der Waals surface area (Å²) >= 11 is 0. The third-order valence-electron chi connectivity index (χ3n) is 4.83. The van der Waals surface area contributed by atoms with E-state index in [1.165, 1.54) is 0 Å². The summed E-state index contributed by atoms with van der Waals surface area (Å²) in [6.07, 6.45) is 0.736. The number of aromatic nitrogens is 4. The van der Waals surface area contributed by atoms with Gasteiger partial charge < -0.3 is 0 Å². The third kappa shape index (κ3) is 3.58. The molecule has 4 rings (SSSR count). The maximum absolute atomic E-state index is 13.1. The Labute approximate surface area is 169 Å². The molecule has 0 fully saturated rings. The summed E-state index contributed by atoms with van der Waals surface area (Å²) in [5, 5.41) is 12.6. The Morgan fingerprint density at radius 3 is 2.59 bits per heavy atom. The van der Waals surface area contributed by atoms with E-state index in [1.54, 1.807) is 29.6 Å². The minimum Gasteiger partial charge on any atom is -0.279 e. The molecule has 0 unspecified atom stereocenters. The molecule has 0 atom stereocenters. The largest absolute Gasteiger partial charge is 0.279 e. The molecular formula is C21H21N5O2S. The van der Waals surface area contributed by atoms with Gasteiger partial charge in [0.25, 0.3) is 10.0 Å². The molecule has 4 aromatic rings. The smallest absolute Gasteiger partial charge is 0.262 e. The van der Waals surface area contributed by atoms with Gasteiger partial charge in [-0.3, -0.25) is 4.72 Å². The molecule has 2 aromatic heterocycles. The van der Waals surface area contributed by atoms with Crippen LogP contribution < -0.4 is 4.72 Å². The number of hydrogen-bond donors (Lipinski definition) is 1. The SMILES string of the molecule is CCc1ccccc1NS(=O)(=O)c1cc(-c2ccc3nnc(C)n3n2)ccc1C. The molecule has 8 heteroatoms. The highest BCUT2D eigenvalue weighted by molar-refractivity contribution is 7.92. The van der Waals surface area contributed by atoms with Crippen molar-refractivity contribution in [3.63, 3.8) is 0 Å². The first-order valence-corrected chi connectivity index (χ1v) is 10.8. The fraction of sp³-hybridized carbons (Fsp3) is 0.190. The molecule has 0 aliphatic carbocycles. The van der Waals surface area contributed by atoms with E-state index in [-0.39, 0.29) is 4.90 Å². The zero-order valence-corrected chi connectivity index (χ0v) is 17.2. The Balaban J connectivity index is 1.76. The monoisotopic (exact) mass is 407 g/mol. The van der Waals surface area contributed by atoms with Crippen LogP contribution >= 0.6 is 0 Å². The van der Waals surface area contributed by atoms with Crippen molar-refractivity contribution in [1.29, 1.82) is 0 Å². The van der Waals surface area contributed by atoms with Crippen molar-refractivity contribution >= 4 is 21.4 Å². The fourth-order valence-corrected chi connectivity index (χ4v) is 4.60. The number of anilines is 1. The van der Waals surface area contributed by atoms with Gasteiger partial charge in [0, 0.05) is 5.56 Å². The summed E-state index contributed by atoms with van der Waals surface area (Å²) in [6, 6.07) is 16.3. The first-order valence-electron chi connectivity index (χ1n) is 9.30. The predicted molar refractivity (Wildman–Crippen MR) is 112 cm³/mol. The number of hydrogen-bond acceptors (Lipinski definition) is 5. The molecule has 0 radical (unpaired) electrons. The molecule has 7 nitrogen and oxygen atoms in total. The highest BCUT2D eigenvalue weighted by Crippen LogP contribution is 2.27. The van der Waals surface area contributed by atoms with E-state index in [9.17, 15) is 8.42 Å². The zero-order valence-electron chi connectivity index (χ0n) is 16.4. The van der Waals surface area contributed by atoms with E-state index in [0.717, 1.165) is 12.0 Å². The van der Waals surface area contributed by atoms with E-state index < -0.39 is 10.0 Å². The number of rotatable bonds is 5.